The lowest BCUT2D eigenvalue weighted by Gasteiger charge is -2.30. The van der Waals surface area contributed by atoms with Crippen molar-refractivity contribution >= 4 is 5.96 Å². The molecule has 0 bridgehead atoms. The van der Waals surface area contributed by atoms with E-state index in [9.17, 15) is 0 Å². The van der Waals surface area contributed by atoms with Gasteiger partial charge in [-0.05, 0) is 32.4 Å². The van der Waals surface area contributed by atoms with Gasteiger partial charge in [-0.15, -0.1) is 0 Å². The topological polar surface area (TPSA) is 48.9 Å². The molecule has 2 fully saturated rings. The summed E-state index contributed by atoms with van der Waals surface area (Å²) in [6.07, 6.45) is 2.70. The van der Waals surface area contributed by atoms with Crippen LogP contribution in [0.15, 0.2) is 35.3 Å². The predicted octanol–water partition coefficient (Wildman–Crippen LogP) is 1.60. The fourth-order valence-electron chi connectivity index (χ4n) is 3.25. The van der Waals surface area contributed by atoms with Gasteiger partial charge in [-0.2, -0.15) is 0 Å². The van der Waals surface area contributed by atoms with Gasteiger partial charge in [0, 0.05) is 31.6 Å². The molecule has 1 saturated carbocycles. The molecule has 132 valence electrons. The van der Waals surface area contributed by atoms with E-state index in [0.29, 0.717) is 0 Å². The van der Waals surface area contributed by atoms with E-state index in [2.05, 4.69) is 59.8 Å². The van der Waals surface area contributed by atoms with Gasteiger partial charge in [0.15, 0.2) is 5.96 Å². The zero-order valence-electron chi connectivity index (χ0n) is 14.9. The molecular weight excluding hydrogens is 300 g/mol. The number of benzene rings is 1. The number of hydrogen-bond acceptors (Lipinski definition) is 3. The van der Waals surface area contributed by atoms with E-state index < -0.39 is 0 Å². The Morgan fingerprint density at radius 3 is 2.75 bits per heavy atom. The number of rotatable bonds is 6. The Hall–Kier alpha value is -1.59. The molecule has 5 heteroatoms. The molecule has 0 radical (unpaired) electrons. The smallest absolute Gasteiger partial charge is 0.191 e. The lowest BCUT2D eigenvalue weighted by Crippen LogP contribution is -2.48. The highest BCUT2D eigenvalue weighted by Gasteiger charge is 2.43. The van der Waals surface area contributed by atoms with E-state index in [1.165, 1.54) is 18.4 Å². The van der Waals surface area contributed by atoms with Crippen LogP contribution in [-0.2, 0) is 10.2 Å². The van der Waals surface area contributed by atoms with Crippen molar-refractivity contribution in [2.24, 2.45) is 4.99 Å². The van der Waals surface area contributed by atoms with E-state index in [0.717, 1.165) is 45.3 Å². The lowest BCUT2D eigenvalue weighted by atomic mass is 9.96. The number of hydrogen-bond donors (Lipinski definition) is 2. The van der Waals surface area contributed by atoms with Crippen LogP contribution in [0.2, 0.25) is 0 Å². The highest BCUT2D eigenvalue weighted by molar-refractivity contribution is 5.79. The highest BCUT2D eigenvalue weighted by Crippen LogP contribution is 2.48. The first-order valence-corrected chi connectivity index (χ1v) is 9.10. The zero-order chi connectivity index (χ0) is 16.8. The third-order valence-corrected chi connectivity index (χ3v) is 4.96. The fraction of sp³-hybridized carbons (Fsp3) is 0.632. The maximum absolute atomic E-state index is 5.82. The summed E-state index contributed by atoms with van der Waals surface area (Å²) >= 11 is 0. The van der Waals surface area contributed by atoms with Crippen LogP contribution >= 0.6 is 0 Å². The van der Waals surface area contributed by atoms with Crippen LogP contribution in [0.25, 0.3) is 0 Å². The van der Waals surface area contributed by atoms with Crippen LogP contribution < -0.4 is 10.6 Å². The van der Waals surface area contributed by atoms with Crippen LogP contribution in [0.1, 0.15) is 25.3 Å². The van der Waals surface area contributed by atoms with Gasteiger partial charge >= 0.3 is 0 Å². The molecule has 0 spiro atoms. The molecule has 0 amide bonds. The first kappa shape index (κ1) is 17.2. The van der Waals surface area contributed by atoms with Crippen LogP contribution in [0, 0.1) is 0 Å². The second-order valence-electron chi connectivity index (χ2n) is 6.98. The maximum Gasteiger partial charge on any atom is 0.191 e. The average molecular weight is 330 g/mol. The Kier molecular flexibility index (Phi) is 5.74. The van der Waals surface area contributed by atoms with Gasteiger partial charge in [0.1, 0.15) is 0 Å². The molecule has 1 aromatic carbocycles. The first-order valence-electron chi connectivity index (χ1n) is 9.10. The van der Waals surface area contributed by atoms with E-state index in [-0.39, 0.29) is 11.5 Å². The fourth-order valence-corrected chi connectivity index (χ4v) is 3.25. The molecule has 1 atom stereocenters. The van der Waals surface area contributed by atoms with Crippen molar-refractivity contribution in [2.75, 3.05) is 46.4 Å². The largest absolute Gasteiger partial charge is 0.374 e. The van der Waals surface area contributed by atoms with Crippen molar-refractivity contribution in [1.29, 1.82) is 0 Å². The molecule has 1 aliphatic heterocycles. The second-order valence-corrected chi connectivity index (χ2v) is 6.98. The number of ether oxygens (including phenoxy) is 1. The Morgan fingerprint density at radius 2 is 2.08 bits per heavy atom. The number of nitrogens with zero attached hydrogens (tertiary/aromatic N) is 2. The summed E-state index contributed by atoms with van der Waals surface area (Å²) < 4.78 is 5.82. The van der Waals surface area contributed by atoms with Crippen LogP contribution in [0.4, 0.5) is 0 Å². The highest BCUT2D eigenvalue weighted by atomic mass is 16.5. The molecule has 5 nitrogen and oxygen atoms in total. The van der Waals surface area contributed by atoms with Crippen LogP contribution in [0.5, 0.6) is 0 Å². The molecule has 0 aromatic heterocycles. The summed E-state index contributed by atoms with van der Waals surface area (Å²) in [6.45, 7) is 7.42. The monoisotopic (exact) mass is 330 g/mol. The summed E-state index contributed by atoms with van der Waals surface area (Å²) in [4.78, 5) is 7.17. The first-order chi connectivity index (χ1) is 11.7. The van der Waals surface area contributed by atoms with Crippen LogP contribution in [0.3, 0.4) is 0 Å². The third kappa shape index (κ3) is 4.48. The standard InChI is InChI=1S/C19H30N4O/c1-3-20-18(21-13-17-14-23(2)11-12-24-17)22-15-19(9-10-19)16-7-5-4-6-8-16/h4-8,17H,3,9-15H2,1-2H3,(H2,20,21,22). The van der Waals surface area contributed by atoms with Crippen molar-refractivity contribution in [2.45, 2.75) is 31.3 Å². The van der Waals surface area contributed by atoms with Gasteiger partial charge in [0.05, 0.1) is 19.3 Å². The van der Waals surface area contributed by atoms with Gasteiger partial charge in [0.2, 0.25) is 0 Å². The van der Waals surface area contributed by atoms with Crippen molar-refractivity contribution in [3.8, 4) is 0 Å². The molecule has 1 unspecified atom stereocenters. The van der Waals surface area contributed by atoms with E-state index in [4.69, 9.17) is 9.73 Å². The molecule has 1 heterocycles. The second kappa shape index (κ2) is 7.99. The minimum atomic E-state index is 0.233. The third-order valence-electron chi connectivity index (χ3n) is 4.96. The molecule has 3 rings (SSSR count). The summed E-state index contributed by atoms with van der Waals surface area (Å²) in [6, 6.07) is 10.8. The lowest BCUT2D eigenvalue weighted by molar-refractivity contribution is -0.0161. The number of likely N-dealkylation sites (N-methyl/N-ethyl adjacent to an activating group) is 1. The van der Waals surface area contributed by atoms with Crippen molar-refractivity contribution in [1.82, 2.24) is 15.5 Å². The van der Waals surface area contributed by atoms with Gasteiger partial charge in [0.25, 0.3) is 0 Å². The minimum Gasteiger partial charge on any atom is -0.374 e. The Balaban J connectivity index is 1.56. The zero-order valence-corrected chi connectivity index (χ0v) is 14.9. The van der Waals surface area contributed by atoms with Crippen molar-refractivity contribution < 1.29 is 4.74 Å². The Labute approximate surface area is 145 Å². The molecule has 2 N–H and O–H groups in total. The normalized spacial score (nSPS) is 23.8. The SMILES string of the molecule is CCNC(=NCC1(c2ccccc2)CC1)NCC1CN(C)CCO1. The molecular formula is C19H30N4O. The summed E-state index contributed by atoms with van der Waals surface area (Å²) in [5, 5.41) is 6.80. The number of morpholine rings is 1. The minimum absolute atomic E-state index is 0.233. The summed E-state index contributed by atoms with van der Waals surface area (Å²) in [5.74, 6) is 0.900. The van der Waals surface area contributed by atoms with E-state index >= 15 is 0 Å². The molecule has 1 saturated heterocycles. The van der Waals surface area contributed by atoms with Crippen molar-refractivity contribution in [3.63, 3.8) is 0 Å². The molecule has 2 aliphatic rings. The molecule has 24 heavy (non-hydrogen) atoms. The number of nitrogens with one attached hydrogen (secondary N) is 2. The van der Waals surface area contributed by atoms with Gasteiger partial charge in [-0.1, -0.05) is 30.3 Å². The average Bonchev–Trinajstić information content (AvgIpc) is 3.39. The van der Waals surface area contributed by atoms with E-state index in [1.54, 1.807) is 0 Å². The Bertz CT molecular complexity index is 542. The number of aliphatic imine (C=N–C) groups is 1. The predicted molar refractivity (Wildman–Crippen MR) is 98.6 cm³/mol. The summed E-state index contributed by atoms with van der Waals surface area (Å²) in [5.41, 5.74) is 1.67. The quantitative estimate of drug-likeness (QED) is 0.614. The van der Waals surface area contributed by atoms with Gasteiger partial charge < -0.3 is 20.3 Å². The van der Waals surface area contributed by atoms with Gasteiger partial charge in [-0.25, -0.2) is 0 Å². The molecule has 1 aliphatic carbocycles. The molecule has 1 aromatic rings. The maximum atomic E-state index is 5.82. The van der Waals surface area contributed by atoms with E-state index in [1.807, 2.05) is 0 Å². The van der Waals surface area contributed by atoms with Gasteiger partial charge in [-0.3, -0.25) is 4.99 Å². The van der Waals surface area contributed by atoms with Crippen molar-refractivity contribution in [3.05, 3.63) is 35.9 Å². The van der Waals surface area contributed by atoms with Crippen LogP contribution in [-0.4, -0.2) is 63.3 Å². The summed E-state index contributed by atoms with van der Waals surface area (Å²) in [7, 11) is 2.14. The number of guanidine groups is 1. The Morgan fingerprint density at radius 1 is 1.29 bits per heavy atom.